The minimum absolute atomic E-state index is 0.0373. The van der Waals surface area contributed by atoms with Gasteiger partial charge in [0.1, 0.15) is 0 Å². The molecular formula is C23H30F2N6O3. The van der Waals surface area contributed by atoms with E-state index in [-0.39, 0.29) is 24.6 Å². The van der Waals surface area contributed by atoms with E-state index in [2.05, 4.69) is 20.6 Å². The number of β-amino-alcohol motifs (C(OH)–C–C–N with tert-alkyl or cyclic N) is 1. The van der Waals surface area contributed by atoms with Crippen molar-refractivity contribution in [3.63, 3.8) is 0 Å². The lowest BCUT2D eigenvalue weighted by atomic mass is 9.94. The van der Waals surface area contributed by atoms with E-state index in [0.29, 0.717) is 50.7 Å². The molecule has 1 saturated heterocycles. The van der Waals surface area contributed by atoms with Gasteiger partial charge in [0.15, 0.2) is 11.6 Å². The fourth-order valence-electron chi connectivity index (χ4n) is 4.42. The summed E-state index contributed by atoms with van der Waals surface area (Å²) in [5, 5.41) is 16.9. The summed E-state index contributed by atoms with van der Waals surface area (Å²) in [6.07, 6.45) is 1.82. The molecule has 2 atom stereocenters. The number of aliphatic hydroxyl groups excluding tert-OH is 1. The Morgan fingerprint density at radius 1 is 1.29 bits per heavy atom. The van der Waals surface area contributed by atoms with Gasteiger partial charge in [0.25, 0.3) is 0 Å². The van der Waals surface area contributed by atoms with Gasteiger partial charge in [-0.25, -0.2) is 23.5 Å². The second kappa shape index (κ2) is 10.6. The maximum absolute atomic E-state index is 13.8. The Balaban J connectivity index is 1.40. The number of carbonyl (C=O) groups is 1. The highest BCUT2D eigenvalue weighted by molar-refractivity contribution is 5.67. The molecule has 0 spiro atoms. The lowest BCUT2D eigenvalue weighted by Gasteiger charge is -2.28. The molecule has 0 aliphatic carbocycles. The van der Waals surface area contributed by atoms with E-state index in [1.807, 2.05) is 18.7 Å². The van der Waals surface area contributed by atoms with Gasteiger partial charge in [-0.1, -0.05) is 6.07 Å². The van der Waals surface area contributed by atoms with Gasteiger partial charge in [0.05, 0.1) is 24.9 Å². The van der Waals surface area contributed by atoms with Crippen molar-refractivity contribution in [1.82, 2.24) is 25.2 Å². The number of fused-ring (bicyclic) bond motifs is 1. The zero-order valence-electron chi connectivity index (χ0n) is 19.3. The smallest absolute Gasteiger partial charge is 0.395 e. The molecule has 184 valence electrons. The summed E-state index contributed by atoms with van der Waals surface area (Å²) in [5.41, 5.74) is 2.40. The summed E-state index contributed by atoms with van der Waals surface area (Å²) in [4.78, 5) is 29.1. The number of hydrogen-bond donors (Lipinski definition) is 3. The number of rotatable bonds is 7. The predicted octanol–water partition coefficient (Wildman–Crippen LogP) is 2.03. The maximum atomic E-state index is 13.8. The van der Waals surface area contributed by atoms with Gasteiger partial charge < -0.3 is 20.6 Å². The molecule has 1 aromatic heterocycles. The summed E-state index contributed by atoms with van der Waals surface area (Å²) in [6, 6.07) is 3.58. The average molecular weight is 477 g/mol. The van der Waals surface area contributed by atoms with Gasteiger partial charge in [-0.15, -0.1) is 5.06 Å². The van der Waals surface area contributed by atoms with E-state index in [4.69, 9.17) is 4.84 Å². The molecule has 2 aliphatic rings. The summed E-state index contributed by atoms with van der Waals surface area (Å²) in [7, 11) is 0. The first-order valence-electron chi connectivity index (χ1n) is 11.4. The first kappa shape index (κ1) is 24.2. The van der Waals surface area contributed by atoms with E-state index in [0.717, 1.165) is 23.4 Å². The molecule has 4 rings (SSSR count). The predicted molar refractivity (Wildman–Crippen MR) is 121 cm³/mol. The highest BCUT2D eigenvalue weighted by Gasteiger charge is 2.36. The van der Waals surface area contributed by atoms with Gasteiger partial charge in [-0.05, 0) is 43.5 Å². The van der Waals surface area contributed by atoms with Crippen LogP contribution in [0.25, 0.3) is 0 Å². The topological polar surface area (TPSA) is 103 Å². The highest BCUT2D eigenvalue weighted by atomic mass is 19.2. The molecule has 34 heavy (non-hydrogen) atoms. The molecule has 0 saturated carbocycles. The molecule has 0 unspecified atom stereocenters. The highest BCUT2D eigenvalue weighted by Crippen LogP contribution is 2.29. The van der Waals surface area contributed by atoms with Crippen molar-refractivity contribution in [3.8, 4) is 0 Å². The molecule has 1 fully saturated rings. The number of carbonyl (C=O) groups excluding carboxylic acids is 1. The fourth-order valence-corrected chi connectivity index (χ4v) is 4.42. The number of nitrogens with one attached hydrogen (secondary N) is 2. The van der Waals surface area contributed by atoms with Crippen molar-refractivity contribution < 1.29 is 23.5 Å². The molecule has 11 heteroatoms. The molecule has 2 aliphatic heterocycles. The molecule has 2 aromatic rings. The molecule has 3 N–H and O–H groups in total. The van der Waals surface area contributed by atoms with Crippen LogP contribution in [0.4, 0.5) is 19.5 Å². The summed E-state index contributed by atoms with van der Waals surface area (Å²) >= 11 is 0. The van der Waals surface area contributed by atoms with E-state index >= 15 is 0 Å². The van der Waals surface area contributed by atoms with Gasteiger partial charge in [0, 0.05) is 44.3 Å². The Morgan fingerprint density at radius 2 is 2.12 bits per heavy atom. The van der Waals surface area contributed by atoms with Crippen molar-refractivity contribution in [3.05, 3.63) is 52.9 Å². The number of nitrogens with zero attached hydrogens (tertiary/aromatic N) is 4. The van der Waals surface area contributed by atoms with Crippen LogP contribution in [0.2, 0.25) is 0 Å². The number of halogens is 2. The van der Waals surface area contributed by atoms with Crippen molar-refractivity contribution in [2.75, 3.05) is 38.1 Å². The second-order valence-electron chi connectivity index (χ2n) is 8.97. The van der Waals surface area contributed by atoms with Crippen LogP contribution >= 0.6 is 0 Å². The van der Waals surface area contributed by atoms with Gasteiger partial charge in [0.2, 0.25) is 5.95 Å². The van der Waals surface area contributed by atoms with Crippen molar-refractivity contribution in [1.29, 1.82) is 0 Å². The van der Waals surface area contributed by atoms with Crippen molar-refractivity contribution >= 4 is 12.0 Å². The number of benzene rings is 1. The molecular weight excluding hydrogens is 446 g/mol. The number of aromatic nitrogens is 2. The van der Waals surface area contributed by atoms with Gasteiger partial charge in [-0.2, -0.15) is 0 Å². The van der Waals surface area contributed by atoms with Crippen LogP contribution in [0.3, 0.4) is 0 Å². The number of amides is 1. The average Bonchev–Trinajstić information content (AvgIpc) is 3.17. The Labute approximate surface area is 197 Å². The van der Waals surface area contributed by atoms with Crippen molar-refractivity contribution in [2.24, 2.45) is 0 Å². The second-order valence-corrected chi connectivity index (χ2v) is 8.97. The lowest BCUT2D eigenvalue weighted by molar-refractivity contribution is -0.112. The third-order valence-corrected chi connectivity index (χ3v) is 6.03. The van der Waals surface area contributed by atoms with E-state index in [9.17, 15) is 18.7 Å². The van der Waals surface area contributed by atoms with Crippen molar-refractivity contribution in [2.45, 2.75) is 44.8 Å². The summed E-state index contributed by atoms with van der Waals surface area (Å²) in [6.45, 7) is 6.19. The van der Waals surface area contributed by atoms with Crippen LogP contribution in [0.5, 0.6) is 0 Å². The quantitative estimate of drug-likeness (QED) is 0.558. The van der Waals surface area contributed by atoms with E-state index in [1.54, 1.807) is 11.3 Å². The molecule has 0 bridgehead atoms. The van der Waals surface area contributed by atoms with Crippen LogP contribution in [-0.4, -0.2) is 76.0 Å². The minimum Gasteiger partial charge on any atom is -0.395 e. The van der Waals surface area contributed by atoms with Gasteiger partial charge >= 0.3 is 6.09 Å². The normalized spacial score (nSPS) is 20.9. The third kappa shape index (κ3) is 5.78. The van der Waals surface area contributed by atoms with Crippen LogP contribution in [-0.2, 0) is 17.8 Å². The largest absolute Gasteiger partial charge is 0.426 e. The lowest BCUT2D eigenvalue weighted by Crippen LogP contribution is -2.44. The molecule has 1 amide bonds. The SMILES string of the molecule is CC(C)Nc1ncc2c(n1)CN(OC(=O)N[C@@H]1CN(CCO)C[C@H]1c1ccc(F)c(F)c1)CC2. The Hall–Kier alpha value is -2.89. The molecule has 9 nitrogen and oxygen atoms in total. The Morgan fingerprint density at radius 3 is 2.85 bits per heavy atom. The molecule has 0 radical (unpaired) electrons. The first-order chi connectivity index (χ1) is 16.3. The van der Waals surface area contributed by atoms with Crippen LogP contribution in [0.15, 0.2) is 24.4 Å². The number of likely N-dealkylation sites (tertiary alicyclic amines) is 1. The fraction of sp³-hybridized carbons (Fsp3) is 0.522. The zero-order valence-corrected chi connectivity index (χ0v) is 19.3. The van der Waals surface area contributed by atoms with Crippen LogP contribution < -0.4 is 10.6 Å². The van der Waals surface area contributed by atoms with E-state index < -0.39 is 17.7 Å². The molecule has 3 heterocycles. The van der Waals surface area contributed by atoms with Crippen LogP contribution in [0, 0.1) is 11.6 Å². The first-order valence-corrected chi connectivity index (χ1v) is 11.4. The number of hydroxylamine groups is 2. The summed E-state index contributed by atoms with van der Waals surface area (Å²) in [5.74, 6) is -1.59. The Kier molecular flexibility index (Phi) is 7.54. The number of aliphatic hydroxyl groups is 1. The minimum atomic E-state index is -0.931. The third-order valence-electron chi connectivity index (χ3n) is 6.03. The Bertz CT molecular complexity index is 1020. The zero-order chi connectivity index (χ0) is 24.2. The van der Waals surface area contributed by atoms with Gasteiger partial charge in [-0.3, -0.25) is 4.90 Å². The number of hydrogen-bond acceptors (Lipinski definition) is 8. The standard InChI is InChI=1S/C23H30F2N6O3/c1-14(2)27-22-26-10-16-5-6-31(13-20(16)28-22)34-23(33)29-21-12-30(7-8-32)11-17(21)15-3-4-18(24)19(25)9-15/h3-4,9-10,14,17,21,32H,5-8,11-13H2,1-2H3,(H,29,33)(H,26,27,28)/t17-,21+/m0/s1. The maximum Gasteiger partial charge on any atom is 0.426 e. The monoisotopic (exact) mass is 476 g/mol. The summed E-state index contributed by atoms with van der Waals surface area (Å²) < 4.78 is 27.3. The molecule has 1 aromatic carbocycles. The van der Waals surface area contributed by atoms with Crippen LogP contribution in [0.1, 0.15) is 36.6 Å². The van der Waals surface area contributed by atoms with E-state index in [1.165, 1.54) is 6.07 Å². The number of anilines is 1.